The molecule has 0 aliphatic heterocycles. The molecule has 0 bridgehead atoms. The number of methoxy groups -OCH3 is 1. The minimum atomic E-state index is -2.54. The highest BCUT2D eigenvalue weighted by atomic mass is 79.9. The van der Waals surface area contributed by atoms with Gasteiger partial charge < -0.3 is 4.74 Å². The van der Waals surface area contributed by atoms with E-state index in [0.717, 1.165) is 0 Å². The molecule has 0 N–H and O–H groups in total. The van der Waals surface area contributed by atoms with Gasteiger partial charge in [0.15, 0.2) is 0 Å². The molecule has 0 saturated carbocycles. The van der Waals surface area contributed by atoms with Gasteiger partial charge in [0.05, 0.1) is 18.9 Å². The normalized spacial score (nSPS) is 10.7. The summed E-state index contributed by atoms with van der Waals surface area (Å²) in [5.41, 5.74) is 1.02. The molecular formula is C9H10BrF2NO. The lowest BCUT2D eigenvalue weighted by Crippen LogP contribution is -2.02. The van der Waals surface area contributed by atoms with E-state index in [1.807, 2.05) is 0 Å². The lowest BCUT2D eigenvalue weighted by atomic mass is 10.1. The van der Waals surface area contributed by atoms with Crippen LogP contribution in [0.5, 0.6) is 5.75 Å². The van der Waals surface area contributed by atoms with Gasteiger partial charge in [-0.15, -0.1) is 0 Å². The van der Waals surface area contributed by atoms with Gasteiger partial charge in [-0.05, 0) is 12.5 Å². The maximum Gasteiger partial charge on any atom is 0.267 e. The zero-order valence-corrected chi connectivity index (χ0v) is 9.44. The summed E-state index contributed by atoms with van der Waals surface area (Å²) in [6.45, 7) is 1.70. The highest BCUT2D eigenvalue weighted by molar-refractivity contribution is 9.08. The van der Waals surface area contributed by atoms with E-state index < -0.39 is 6.43 Å². The van der Waals surface area contributed by atoms with Crippen LogP contribution in [0.3, 0.4) is 0 Å². The number of aryl methyl sites for hydroxylation is 1. The first-order valence-electron chi connectivity index (χ1n) is 3.98. The fourth-order valence-corrected chi connectivity index (χ4v) is 1.92. The molecule has 1 aromatic heterocycles. The molecule has 0 aliphatic rings. The van der Waals surface area contributed by atoms with Gasteiger partial charge in [0.1, 0.15) is 5.75 Å². The largest absolute Gasteiger partial charge is 0.495 e. The van der Waals surface area contributed by atoms with E-state index >= 15 is 0 Å². The molecule has 0 aliphatic carbocycles. The Morgan fingerprint density at radius 2 is 2.21 bits per heavy atom. The Bertz CT molecular complexity index is 331. The Hall–Kier alpha value is -0.710. The van der Waals surface area contributed by atoms with E-state index in [4.69, 9.17) is 4.74 Å². The molecule has 2 nitrogen and oxygen atoms in total. The van der Waals surface area contributed by atoms with E-state index in [9.17, 15) is 8.78 Å². The minimum absolute atomic E-state index is 0.0723. The zero-order chi connectivity index (χ0) is 10.7. The molecular weight excluding hydrogens is 256 g/mol. The summed E-state index contributed by atoms with van der Waals surface area (Å²) in [7, 11) is 1.36. The first kappa shape index (κ1) is 11.4. The van der Waals surface area contributed by atoms with Crippen LogP contribution in [0.15, 0.2) is 6.20 Å². The summed E-state index contributed by atoms with van der Waals surface area (Å²) >= 11 is 3.16. The van der Waals surface area contributed by atoms with Crippen molar-refractivity contribution in [2.45, 2.75) is 18.7 Å². The fourth-order valence-electron chi connectivity index (χ4n) is 1.22. The molecule has 0 unspecified atom stereocenters. The topological polar surface area (TPSA) is 22.1 Å². The summed E-state index contributed by atoms with van der Waals surface area (Å²) in [5, 5.41) is 0.350. The van der Waals surface area contributed by atoms with Gasteiger partial charge in [0.2, 0.25) is 0 Å². The summed E-state index contributed by atoms with van der Waals surface area (Å²) in [5.74, 6) is 0.139. The molecule has 0 saturated heterocycles. The second-order valence-electron chi connectivity index (χ2n) is 2.74. The van der Waals surface area contributed by atoms with Crippen molar-refractivity contribution < 1.29 is 13.5 Å². The molecule has 0 atom stereocenters. The van der Waals surface area contributed by atoms with Crippen molar-refractivity contribution in [2.75, 3.05) is 7.11 Å². The molecule has 1 rings (SSSR count). The molecule has 0 amide bonds. The Kier molecular flexibility index (Phi) is 3.80. The summed E-state index contributed by atoms with van der Waals surface area (Å²) in [6, 6.07) is 0. The Morgan fingerprint density at radius 1 is 1.57 bits per heavy atom. The van der Waals surface area contributed by atoms with E-state index in [0.29, 0.717) is 16.6 Å². The molecule has 0 radical (unpaired) electrons. The van der Waals surface area contributed by atoms with Crippen molar-refractivity contribution in [2.24, 2.45) is 0 Å². The molecule has 0 spiro atoms. The van der Waals surface area contributed by atoms with E-state index in [-0.39, 0.29) is 11.3 Å². The summed E-state index contributed by atoms with van der Waals surface area (Å²) < 4.78 is 30.3. The van der Waals surface area contributed by atoms with Crippen molar-refractivity contribution in [1.29, 1.82) is 0 Å². The van der Waals surface area contributed by atoms with Gasteiger partial charge in [-0.3, -0.25) is 4.98 Å². The minimum Gasteiger partial charge on any atom is -0.495 e. The van der Waals surface area contributed by atoms with Crippen LogP contribution in [-0.2, 0) is 5.33 Å². The van der Waals surface area contributed by atoms with Crippen LogP contribution in [0, 0.1) is 6.92 Å². The van der Waals surface area contributed by atoms with E-state index in [1.54, 1.807) is 6.92 Å². The third kappa shape index (κ3) is 2.03. The smallest absolute Gasteiger partial charge is 0.267 e. The number of pyridine rings is 1. The fraction of sp³-hybridized carbons (Fsp3) is 0.444. The van der Waals surface area contributed by atoms with Crippen molar-refractivity contribution in [3.05, 3.63) is 23.0 Å². The van der Waals surface area contributed by atoms with E-state index in [2.05, 4.69) is 20.9 Å². The van der Waals surface area contributed by atoms with Crippen molar-refractivity contribution in [1.82, 2.24) is 4.98 Å². The lowest BCUT2D eigenvalue weighted by molar-refractivity contribution is 0.146. The highest BCUT2D eigenvalue weighted by Crippen LogP contribution is 2.33. The SMILES string of the molecule is COc1cnc(C)c(CBr)c1C(F)F. The summed E-state index contributed by atoms with van der Waals surface area (Å²) in [6.07, 6.45) is -1.22. The predicted molar refractivity (Wildman–Crippen MR) is 53.1 cm³/mol. The predicted octanol–water partition coefficient (Wildman–Crippen LogP) is 3.23. The molecule has 0 aromatic carbocycles. The number of ether oxygens (including phenoxy) is 1. The van der Waals surface area contributed by atoms with Gasteiger partial charge in [-0.1, -0.05) is 15.9 Å². The molecule has 0 fully saturated rings. The van der Waals surface area contributed by atoms with Gasteiger partial charge in [-0.25, -0.2) is 8.78 Å². The maximum absolute atomic E-state index is 12.7. The Balaban J connectivity index is 3.36. The first-order chi connectivity index (χ1) is 6.61. The van der Waals surface area contributed by atoms with Crippen LogP contribution in [0.2, 0.25) is 0 Å². The zero-order valence-electron chi connectivity index (χ0n) is 7.85. The van der Waals surface area contributed by atoms with Crippen LogP contribution in [0.4, 0.5) is 8.78 Å². The molecule has 5 heteroatoms. The molecule has 1 aromatic rings. The lowest BCUT2D eigenvalue weighted by Gasteiger charge is -2.13. The van der Waals surface area contributed by atoms with Gasteiger partial charge in [0.25, 0.3) is 6.43 Å². The quantitative estimate of drug-likeness (QED) is 0.783. The van der Waals surface area contributed by atoms with E-state index in [1.165, 1.54) is 13.3 Å². The Labute approximate surface area is 89.4 Å². The number of alkyl halides is 3. The number of hydrogen-bond acceptors (Lipinski definition) is 2. The van der Waals surface area contributed by atoms with Crippen molar-refractivity contribution >= 4 is 15.9 Å². The second kappa shape index (κ2) is 4.68. The monoisotopic (exact) mass is 265 g/mol. The standard InChI is InChI=1S/C9H10BrF2NO/c1-5-6(3-10)8(9(11)12)7(14-2)4-13-5/h4,9H,3H2,1-2H3. The van der Waals surface area contributed by atoms with Crippen LogP contribution in [0.1, 0.15) is 23.2 Å². The number of nitrogens with zero attached hydrogens (tertiary/aromatic N) is 1. The summed E-state index contributed by atoms with van der Waals surface area (Å²) in [4.78, 5) is 3.98. The van der Waals surface area contributed by atoms with Gasteiger partial charge in [-0.2, -0.15) is 0 Å². The first-order valence-corrected chi connectivity index (χ1v) is 5.10. The number of rotatable bonds is 3. The van der Waals surface area contributed by atoms with Crippen LogP contribution >= 0.6 is 15.9 Å². The number of aromatic nitrogens is 1. The Morgan fingerprint density at radius 3 is 2.64 bits per heavy atom. The van der Waals surface area contributed by atoms with Crippen LogP contribution in [-0.4, -0.2) is 12.1 Å². The number of hydrogen-bond donors (Lipinski definition) is 0. The van der Waals surface area contributed by atoms with Gasteiger partial charge in [0, 0.05) is 11.0 Å². The second-order valence-corrected chi connectivity index (χ2v) is 3.30. The van der Waals surface area contributed by atoms with Crippen LogP contribution < -0.4 is 4.74 Å². The molecule has 78 valence electrons. The van der Waals surface area contributed by atoms with Crippen molar-refractivity contribution in [3.8, 4) is 5.75 Å². The highest BCUT2D eigenvalue weighted by Gasteiger charge is 2.20. The molecule has 14 heavy (non-hydrogen) atoms. The average Bonchev–Trinajstić information content (AvgIpc) is 2.17. The number of halogens is 3. The third-order valence-corrected chi connectivity index (χ3v) is 2.54. The van der Waals surface area contributed by atoms with Gasteiger partial charge >= 0.3 is 0 Å². The molecule has 1 heterocycles. The van der Waals surface area contributed by atoms with Crippen LogP contribution in [0.25, 0.3) is 0 Å². The van der Waals surface area contributed by atoms with Crippen molar-refractivity contribution in [3.63, 3.8) is 0 Å². The average molecular weight is 266 g/mol. The third-order valence-electron chi connectivity index (χ3n) is 1.97. The maximum atomic E-state index is 12.7.